The Kier molecular flexibility index (Phi) is 3.69. The average Bonchev–Trinajstić information content (AvgIpc) is 2.65. The van der Waals surface area contributed by atoms with Crippen LogP contribution in [0.2, 0.25) is 0 Å². The summed E-state index contributed by atoms with van der Waals surface area (Å²) in [5.41, 5.74) is 0.593. The smallest absolute Gasteiger partial charge is 0.381 e. The molecule has 108 valence electrons. The minimum Gasteiger partial charge on any atom is -0.381 e. The maximum absolute atomic E-state index is 13.1. The Balaban J connectivity index is 2.16. The van der Waals surface area contributed by atoms with Gasteiger partial charge in [-0.1, -0.05) is 0 Å². The summed E-state index contributed by atoms with van der Waals surface area (Å²) in [5.74, 6) is -1.28. The van der Waals surface area contributed by atoms with E-state index in [1.165, 1.54) is 6.07 Å². The number of alkyl halides is 3. The summed E-state index contributed by atoms with van der Waals surface area (Å²) in [7, 11) is 1.76. The van der Waals surface area contributed by atoms with E-state index >= 15 is 0 Å². The predicted octanol–water partition coefficient (Wildman–Crippen LogP) is 3.50. The summed E-state index contributed by atoms with van der Waals surface area (Å²) in [6, 6.07) is 2.85. The van der Waals surface area contributed by atoms with Gasteiger partial charge in [0.05, 0.1) is 11.3 Å². The van der Waals surface area contributed by atoms with Crippen LogP contribution in [0.1, 0.15) is 16.8 Å². The fourth-order valence-corrected chi connectivity index (χ4v) is 1.87. The van der Waals surface area contributed by atoms with Crippen LogP contribution in [0.25, 0.3) is 0 Å². The molecule has 1 aromatic heterocycles. The van der Waals surface area contributed by atoms with Gasteiger partial charge in [0.25, 0.3) is 0 Å². The molecule has 0 aliphatic heterocycles. The molecule has 1 aromatic carbocycles. The number of aromatic nitrogens is 2. The highest BCUT2D eigenvalue weighted by atomic mass is 19.4. The van der Waals surface area contributed by atoms with Crippen molar-refractivity contribution in [2.45, 2.75) is 19.6 Å². The Bertz CT molecular complexity index is 617. The van der Waals surface area contributed by atoms with Crippen LogP contribution < -0.4 is 5.32 Å². The molecule has 0 fully saturated rings. The second kappa shape index (κ2) is 5.15. The van der Waals surface area contributed by atoms with E-state index in [1.54, 1.807) is 17.9 Å². The van der Waals surface area contributed by atoms with Crippen LogP contribution in [0.3, 0.4) is 0 Å². The van der Waals surface area contributed by atoms with Crippen LogP contribution >= 0.6 is 0 Å². The van der Waals surface area contributed by atoms with E-state index in [0.717, 1.165) is 23.4 Å². The van der Waals surface area contributed by atoms with Crippen LogP contribution in [0.15, 0.2) is 24.4 Å². The molecule has 0 amide bonds. The molecule has 0 saturated carbocycles. The number of rotatable bonds is 3. The highest BCUT2D eigenvalue weighted by molar-refractivity contribution is 5.47. The molecule has 1 N–H and O–H groups in total. The molecule has 0 spiro atoms. The third kappa shape index (κ3) is 3.09. The lowest BCUT2D eigenvalue weighted by atomic mass is 10.1. The van der Waals surface area contributed by atoms with Crippen molar-refractivity contribution >= 4 is 5.69 Å². The maximum atomic E-state index is 13.1. The molecular weight excluding hydrogens is 274 g/mol. The van der Waals surface area contributed by atoms with Gasteiger partial charge in [0.15, 0.2) is 0 Å². The maximum Gasteiger partial charge on any atom is 0.419 e. The van der Waals surface area contributed by atoms with Crippen LogP contribution in [0.5, 0.6) is 0 Å². The number of hydrogen-bond acceptors (Lipinski definition) is 2. The van der Waals surface area contributed by atoms with E-state index in [2.05, 4.69) is 10.4 Å². The van der Waals surface area contributed by atoms with Gasteiger partial charge in [-0.2, -0.15) is 18.3 Å². The van der Waals surface area contributed by atoms with E-state index in [1.807, 2.05) is 6.92 Å². The van der Waals surface area contributed by atoms with Gasteiger partial charge in [0, 0.05) is 31.0 Å². The standard InChI is InChI=1S/C13H13F4N3/c1-8-9(7-20(2)19-8)6-18-10-3-4-12(14)11(5-10)13(15,16)17/h3-5,7,18H,6H2,1-2H3. The first kappa shape index (κ1) is 14.4. The second-order valence-electron chi connectivity index (χ2n) is 4.46. The predicted molar refractivity (Wildman–Crippen MR) is 66.7 cm³/mol. The molecule has 0 aliphatic carbocycles. The third-order valence-corrected chi connectivity index (χ3v) is 2.87. The molecule has 2 aromatic rings. The lowest BCUT2D eigenvalue weighted by Gasteiger charge is -2.11. The molecule has 0 saturated heterocycles. The Morgan fingerprint density at radius 1 is 1.30 bits per heavy atom. The number of anilines is 1. The van der Waals surface area contributed by atoms with E-state index in [-0.39, 0.29) is 5.69 Å². The van der Waals surface area contributed by atoms with E-state index in [0.29, 0.717) is 6.54 Å². The minimum absolute atomic E-state index is 0.210. The van der Waals surface area contributed by atoms with Gasteiger partial charge in [-0.3, -0.25) is 4.68 Å². The summed E-state index contributed by atoms with van der Waals surface area (Å²) in [6.45, 7) is 2.13. The number of nitrogens with one attached hydrogen (secondary N) is 1. The Hall–Kier alpha value is -2.05. The van der Waals surface area contributed by atoms with E-state index in [9.17, 15) is 17.6 Å². The molecular formula is C13H13F4N3. The second-order valence-corrected chi connectivity index (χ2v) is 4.46. The minimum atomic E-state index is -4.70. The molecule has 2 rings (SSSR count). The normalized spacial score (nSPS) is 11.7. The molecule has 1 heterocycles. The number of benzene rings is 1. The van der Waals surface area contributed by atoms with Crippen LogP contribution in [0.4, 0.5) is 23.2 Å². The molecule has 0 bridgehead atoms. The average molecular weight is 287 g/mol. The monoisotopic (exact) mass is 287 g/mol. The molecule has 3 nitrogen and oxygen atoms in total. The van der Waals surface area contributed by atoms with Gasteiger partial charge in [0.1, 0.15) is 5.82 Å². The molecule has 0 aliphatic rings. The lowest BCUT2D eigenvalue weighted by Crippen LogP contribution is -2.09. The zero-order valence-corrected chi connectivity index (χ0v) is 10.9. The largest absolute Gasteiger partial charge is 0.419 e. The van der Waals surface area contributed by atoms with Crippen molar-refractivity contribution in [1.82, 2.24) is 9.78 Å². The van der Waals surface area contributed by atoms with E-state index in [4.69, 9.17) is 0 Å². The van der Waals surface area contributed by atoms with Gasteiger partial charge in [-0.25, -0.2) is 4.39 Å². The molecule has 0 unspecified atom stereocenters. The van der Waals surface area contributed by atoms with E-state index < -0.39 is 17.6 Å². The summed E-state index contributed by atoms with van der Waals surface area (Å²) < 4.78 is 52.5. The van der Waals surface area contributed by atoms with Crippen molar-refractivity contribution in [2.24, 2.45) is 7.05 Å². The Labute approximate surface area is 113 Å². The zero-order chi connectivity index (χ0) is 14.9. The summed E-state index contributed by atoms with van der Waals surface area (Å²) >= 11 is 0. The highest BCUT2D eigenvalue weighted by Gasteiger charge is 2.34. The fraction of sp³-hybridized carbons (Fsp3) is 0.308. The van der Waals surface area contributed by atoms with Gasteiger partial charge < -0.3 is 5.32 Å². The quantitative estimate of drug-likeness (QED) is 0.876. The van der Waals surface area contributed by atoms with Crippen molar-refractivity contribution in [1.29, 1.82) is 0 Å². The lowest BCUT2D eigenvalue weighted by molar-refractivity contribution is -0.139. The topological polar surface area (TPSA) is 29.9 Å². The molecule has 20 heavy (non-hydrogen) atoms. The number of halogens is 4. The number of hydrogen-bond donors (Lipinski definition) is 1. The molecule has 0 atom stereocenters. The first-order valence-corrected chi connectivity index (χ1v) is 5.87. The number of aryl methyl sites for hydroxylation is 2. The zero-order valence-electron chi connectivity index (χ0n) is 10.9. The van der Waals surface area contributed by atoms with Gasteiger partial charge in [0.2, 0.25) is 0 Å². The molecule has 7 heteroatoms. The summed E-state index contributed by atoms with van der Waals surface area (Å²) in [6.07, 6.45) is -2.93. The Morgan fingerprint density at radius 3 is 2.55 bits per heavy atom. The first-order valence-electron chi connectivity index (χ1n) is 5.87. The summed E-state index contributed by atoms with van der Waals surface area (Å²) in [4.78, 5) is 0. The van der Waals surface area contributed by atoms with Gasteiger partial charge in [-0.15, -0.1) is 0 Å². The van der Waals surface area contributed by atoms with Crippen molar-refractivity contribution in [3.8, 4) is 0 Å². The summed E-state index contributed by atoms with van der Waals surface area (Å²) in [5, 5.41) is 6.97. The van der Waals surface area contributed by atoms with Crippen LogP contribution in [-0.4, -0.2) is 9.78 Å². The van der Waals surface area contributed by atoms with Crippen molar-refractivity contribution in [3.63, 3.8) is 0 Å². The third-order valence-electron chi connectivity index (χ3n) is 2.87. The van der Waals surface area contributed by atoms with Crippen molar-refractivity contribution < 1.29 is 17.6 Å². The molecule has 0 radical (unpaired) electrons. The Morgan fingerprint density at radius 2 is 2.00 bits per heavy atom. The number of nitrogens with zero attached hydrogens (tertiary/aromatic N) is 2. The SMILES string of the molecule is Cc1nn(C)cc1CNc1ccc(F)c(C(F)(F)F)c1. The highest BCUT2D eigenvalue weighted by Crippen LogP contribution is 2.33. The van der Waals surface area contributed by atoms with Gasteiger partial charge >= 0.3 is 6.18 Å². The van der Waals surface area contributed by atoms with Gasteiger partial charge in [-0.05, 0) is 25.1 Å². The van der Waals surface area contributed by atoms with Crippen molar-refractivity contribution in [2.75, 3.05) is 5.32 Å². The van der Waals surface area contributed by atoms with Crippen molar-refractivity contribution in [3.05, 3.63) is 47.0 Å². The first-order chi connectivity index (χ1) is 9.27. The van der Waals surface area contributed by atoms with Crippen LogP contribution in [0, 0.1) is 12.7 Å². The van der Waals surface area contributed by atoms with Crippen LogP contribution in [-0.2, 0) is 19.8 Å². The fourth-order valence-electron chi connectivity index (χ4n) is 1.87.